The molecule has 0 spiro atoms. The SMILES string of the molecule is Cc1cc(-n2c(C)cc(C(=O)NCCN)c2C)no1.Cl. The highest BCUT2D eigenvalue weighted by atomic mass is 35.5. The van der Waals surface area contributed by atoms with Gasteiger partial charge in [-0.2, -0.15) is 0 Å². The Morgan fingerprint density at radius 1 is 1.40 bits per heavy atom. The van der Waals surface area contributed by atoms with Gasteiger partial charge in [-0.3, -0.25) is 9.36 Å². The van der Waals surface area contributed by atoms with E-state index in [1.807, 2.05) is 37.5 Å². The van der Waals surface area contributed by atoms with E-state index in [4.69, 9.17) is 10.3 Å². The molecule has 0 unspecified atom stereocenters. The number of aromatic nitrogens is 2. The molecule has 6 nitrogen and oxygen atoms in total. The lowest BCUT2D eigenvalue weighted by atomic mass is 10.2. The number of amides is 1. The fourth-order valence-electron chi connectivity index (χ4n) is 2.08. The fourth-order valence-corrected chi connectivity index (χ4v) is 2.08. The van der Waals surface area contributed by atoms with E-state index in [1.165, 1.54) is 0 Å². The zero-order valence-corrected chi connectivity index (χ0v) is 12.6. The number of hydrogen-bond donors (Lipinski definition) is 2. The van der Waals surface area contributed by atoms with Crippen molar-refractivity contribution in [1.29, 1.82) is 0 Å². The zero-order valence-electron chi connectivity index (χ0n) is 11.8. The number of nitrogens with one attached hydrogen (secondary N) is 1. The fraction of sp³-hybridized carbons (Fsp3) is 0.385. The van der Waals surface area contributed by atoms with Crippen LogP contribution in [0.4, 0.5) is 0 Å². The average molecular weight is 299 g/mol. The van der Waals surface area contributed by atoms with Crippen LogP contribution in [-0.4, -0.2) is 28.7 Å². The van der Waals surface area contributed by atoms with E-state index in [9.17, 15) is 4.79 Å². The first-order chi connectivity index (χ1) is 9.04. The van der Waals surface area contributed by atoms with Crippen molar-refractivity contribution < 1.29 is 9.32 Å². The lowest BCUT2D eigenvalue weighted by Crippen LogP contribution is -2.29. The van der Waals surface area contributed by atoms with Crippen molar-refractivity contribution in [3.05, 3.63) is 34.8 Å². The summed E-state index contributed by atoms with van der Waals surface area (Å²) in [5.41, 5.74) is 7.78. The maximum absolute atomic E-state index is 12.0. The van der Waals surface area contributed by atoms with Crippen LogP contribution in [0.1, 0.15) is 27.5 Å². The number of hydrogen-bond acceptors (Lipinski definition) is 4. The molecule has 20 heavy (non-hydrogen) atoms. The topological polar surface area (TPSA) is 86.1 Å². The molecule has 0 saturated heterocycles. The van der Waals surface area contributed by atoms with Crippen LogP contribution in [0.5, 0.6) is 0 Å². The molecule has 2 aromatic rings. The first-order valence-electron chi connectivity index (χ1n) is 6.15. The van der Waals surface area contributed by atoms with Crippen LogP contribution in [0.15, 0.2) is 16.7 Å². The minimum absolute atomic E-state index is 0. The number of nitrogens with two attached hydrogens (primary N) is 1. The van der Waals surface area contributed by atoms with Crippen LogP contribution in [0.2, 0.25) is 0 Å². The van der Waals surface area contributed by atoms with E-state index in [-0.39, 0.29) is 18.3 Å². The molecule has 0 saturated carbocycles. The lowest BCUT2D eigenvalue weighted by Gasteiger charge is -2.05. The molecule has 0 aliphatic heterocycles. The molecule has 0 bridgehead atoms. The second-order valence-electron chi connectivity index (χ2n) is 4.46. The molecular formula is C13H19ClN4O2. The summed E-state index contributed by atoms with van der Waals surface area (Å²) in [4.78, 5) is 12.0. The first-order valence-corrected chi connectivity index (χ1v) is 6.15. The highest BCUT2D eigenvalue weighted by Gasteiger charge is 2.17. The molecule has 3 N–H and O–H groups in total. The van der Waals surface area contributed by atoms with Gasteiger partial charge in [0, 0.05) is 30.5 Å². The van der Waals surface area contributed by atoms with Crippen LogP contribution in [0.25, 0.3) is 5.82 Å². The van der Waals surface area contributed by atoms with Gasteiger partial charge in [0.15, 0.2) is 5.82 Å². The maximum atomic E-state index is 12.0. The number of halogens is 1. The Labute approximate surface area is 123 Å². The third kappa shape index (κ3) is 3.02. The third-order valence-corrected chi connectivity index (χ3v) is 2.95. The highest BCUT2D eigenvalue weighted by molar-refractivity contribution is 5.95. The van der Waals surface area contributed by atoms with E-state index >= 15 is 0 Å². The van der Waals surface area contributed by atoms with Crippen molar-refractivity contribution in [2.45, 2.75) is 20.8 Å². The molecule has 0 radical (unpaired) electrons. The second-order valence-corrected chi connectivity index (χ2v) is 4.46. The van der Waals surface area contributed by atoms with E-state index < -0.39 is 0 Å². The van der Waals surface area contributed by atoms with Gasteiger partial charge in [-0.05, 0) is 26.8 Å². The van der Waals surface area contributed by atoms with E-state index in [0.29, 0.717) is 24.5 Å². The molecule has 1 amide bonds. The van der Waals surface area contributed by atoms with E-state index in [2.05, 4.69) is 10.5 Å². The Morgan fingerprint density at radius 3 is 2.65 bits per heavy atom. The van der Waals surface area contributed by atoms with Crippen LogP contribution in [-0.2, 0) is 0 Å². The molecule has 0 aromatic carbocycles. The minimum atomic E-state index is -0.120. The van der Waals surface area contributed by atoms with Gasteiger partial charge in [0.25, 0.3) is 5.91 Å². The standard InChI is InChI=1S/C13H18N4O2.ClH/c1-8-6-11(13(18)15-5-4-14)10(3)17(8)12-7-9(2)19-16-12;/h6-7H,4-5,14H2,1-3H3,(H,15,18);1H. The predicted molar refractivity (Wildman–Crippen MR) is 78.7 cm³/mol. The van der Waals surface area contributed by atoms with Gasteiger partial charge >= 0.3 is 0 Å². The van der Waals surface area contributed by atoms with Crippen LogP contribution >= 0.6 is 12.4 Å². The Bertz CT molecular complexity index is 604. The average Bonchev–Trinajstić information content (AvgIpc) is 2.90. The monoisotopic (exact) mass is 298 g/mol. The summed E-state index contributed by atoms with van der Waals surface area (Å²) in [6.07, 6.45) is 0. The van der Waals surface area contributed by atoms with Gasteiger partial charge in [-0.25, -0.2) is 0 Å². The summed E-state index contributed by atoms with van der Waals surface area (Å²) in [7, 11) is 0. The Hall–Kier alpha value is -1.79. The summed E-state index contributed by atoms with van der Waals surface area (Å²) >= 11 is 0. The van der Waals surface area contributed by atoms with Crippen molar-refractivity contribution in [3.63, 3.8) is 0 Å². The molecule has 0 aliphatic carbocycles. The number of carbonyl (C=O) groups excluding carboxylic acids is 1. The third-order valence-electron chi connectivity index (χ3n) is 2.95. The Balaban J connectivity index is 0.00000200. The summed E-state index contributed by atoms with van der Waals surface area (Å²) in [6.45, 7) is 6.53. The van der Waals surface area contributed by atoms with Crippen LogP contribution < -0.4 is 11.1 Å². The van der Waals surface area contributed by atoms with Crippen LogP contribution in [0.3, 0.4) is 0 Å². The largest absolute Gasteiger partial charge is 0.360 e. The smallest absolute Gasteiger partial charge is 0.253 e. The Kier molecular flexibility index (Phi) is 5.35. The molecule has 2 rings (SSSR count). The number of carbonyl (C=O) groups is 1. The quantitative estimate of drug-likeness (QED) is 0.895. The number of rotatable bonds is 4. The zero-order chi connectivity index (χ0) is 14.0. The molecule has 7 heteroatoms. The van der Waals surface area contributed by atoms with Gasteiger partial charge in [0.1, 0.15) is 5.76 Å². The van der Waals surface area contributed by atoms with Crippen molar-refractivity contribution in [2.75, 3.05) is 13.1 Å². The van der Waals surface area contributed by atoms with Crippen LogP contribution in [0, 0.1) is 20.8 Å². The molecular weight excluding hydrogens is 280 g/mol. The normalized spacial score (nSPS) is 10.2. The van der Waals surface area contributed by atoms with E-state index in [0.717, 1.165) is 17.1 Å². The van der Waals surface area contributed by atoms with Gasteiger partial charge in [-0.1, -0.05) is 5.16 Å². The minimum Gasteiger partial charge on any atom is -0.360 e. The summed E-state index contributed by atoms with van der Waals surface area (Å²) in [5, 5.41) is 6.74. The Morgan fingerprint density at radius 2 is 2.10 bits per heavy atom. The predicted octanol–water partition coefficient (Wildman–Crippen LogP) is 1.50. The van der Waals surface area contributed by atoms with Crippen molar-refractivity contribution >= 4 is 18.3 Å². The lowest BCUT2D eigenvalue weighted by molar-refractivity contribution is 0.0954. The first kappa shape index (κ1) is 16.3. The van der Waals surface area contributed by atoms with Gasteiger partial charge < -0.3 is 15.6 Å². The molecule has 110 valence electrons. The van der Waals surface area contributed by atoms with Gasteiger partial charge in [0.2, 0.25) is 0 Å². The second kappa shape index (κ2) is 6.58. The van der Waals surface area contributed by atoms with Crippen molar-refractivity contribution in [1.82, 2.24) is 15.0 Å². The van der Waals surface area contributed by atoms with Crippen molar-refractivity contribution in [3.8, 4) is 5.82 Å². The summed E-state index contributed by atoms with van der Waals surface area (Å²) in [5.74, 6) is 1.30. The molecule has 2 heterocycles. The number of aryl methyl sites for hydroxylation is 2. The van der Waals surface area contributed by atoms with E-state index in [1.54, 1.807) is 0 Å². The van der Waals surface area contributed by atoms with Gasteiger partial charge in [0.05, 0.1) is 5.56 Å². The molecule has 0 aliphatic rings. The summed E-state index contributed by atoms with van der Waals surface area (Å²) < 4.78 is 6.97. The van der Waals surface area contributed by atoms with Crippen molar-refractivity contribution in [2.24, 2.45) is 5.73 Å². The molecule has 0 atom stereocenters. The highest BCUT2D eigenvalue weighted by Crippen LogP contribution is 2.20. The molecule has 2 aromatic heterocycles. The summed E-state index contributed by atoms with van der Waals surface area (Å²) in [6, 6.07) is 3.67. The van der Waals surface area contributed by atoms with Gasteiger partial charge in [-0.15, -0.1) is 12.4 Å². The maximum Gasteiger partial charge on any atom is 0.253 e. The number of nitrogens with zero attached hydrogens (tertiary/aromatic N) is 2. The molecule has 0 fully saturated rings.